The SMILES string of the molecule is Nc1c(NCc2ccc(Cl)cc2)cccc1C(=O)O. The molecular weight excluding hydrogens is 264 g/mol. The second kappa shape index (κ2) is 5.63. The van der Waals surface area contributed by atoms with E-state index in [1.807, 2.05) is 12.1 Å². The minimum atomic E-state index is -1.03. The smallest absolute Gasteiger partial charge is 0.337 e. The van der Waals surface area contributed by atoms with Gasteiger partial charge in [0.15, 0.2) is 0 Å². The maximum Gasteiger partial charge on any atom is 0.337 e. The summed E-state index contributed by atoms with van der Waals surface area (Å²) in [6, 6.07) is 12.3. The van der Waals surface area contributed by atoms with Gasteiger partial charge in [-0.3, -0.25) is 0 Å². The summed E-state index contributed by atoms with van der Waals surface area (Å²) in [5, 5.41) is 12.8. The fraction of sp³-hybridized carbons (Fsp3) is 0.0714. The molecule has 5 heteroatoms. The molecule has 2 aromatic carbocycles. The number of carboxylic acid groups (broad SMARTS) is 1. The summed E-state index contributed by atoms with van der Waals surface area (Å²) in [5.74, 6) is -1.03. The normalized spacial score (nSPS) is 10.2. The largest absolute Gasteiger partial charge is 0.478 e. The summed E-state index contributed by atoms with van der Waals surface area (Å²) in [4.78, 5) is 11.0. The van der Waals surface area contributed by atoms with Gasteiger partial charge in [-0.15, -0.1) is 0 Å². The third-order valence-electron chi connectivity index (χ3n) is 2.73. The molecule has 0 aliphatic heterocycles. The van der Waals surface area contributed by atoms with Gasteiger partial charge in [0, 0.05) is 11.6 Å². The fourth-order valence-corrected chi connectivity index (χ4v) is 1.83. The monoisotopic (exact) mass is 276 g/mol. The van der Waals surface area contributed by atoms with E-state index >= 15 is 0 Å². The summed E-state index contributed by atoms with van der Waals surface area (Å²) in [7, 11) is 0. The molecule has 0 bridgehead atoms. The Morgan fingerprint density at radius 1 is 1.21 bits per heavy atom. The number of rotatable bonds is 4. The van der Waals surface area contributed by atoms with Crippen LogP contribution in [0.2, 0.25) is 5.02 Å². The Balaban J connectivity index is 2.13. The van der Waals surface area contributed by atoms with E-state index in [-0.39, 0.29) is 11.3 Å². The molecule has 0 saturated carbocycles. The van der Waals surface area contributed by atoms with Crippen LogP contribution in [0.1, 0.15) is 15.9 Å². The Morgan fingerprint density at radius 3 is 2.53 bits per heavy atom. The molecule has 0 unspecified atom stereocenters. The molecule has 4 nitrogen and oxygen atoms in total. The number of nitrogens with two attached hydrogens (primary N) is 1. The summed E-state index contributed by atoms with van der Waals surface area (Å²) in [5.41, 5.74) is 7.78. The van der Waals surface area contributed by atoms with Crippen molar-refractivity contribution in [1.82, 2.24) is 0 Å². The predicted molar refractivity (Wildman–Crippen MR) is 76.6 cm³/mol. The number of carbonyl (C=O) groups is 1. The molecule has 0 atom stereocenters. The van der Waals surface area contributed by atoms with Crippen molar-refractivity contribution < 1.29 is 9.90 Å². The van der Waals surface area contributed by atoms with Crippen molar-refractivity contribution in [2.75, 3.05) is 11.1 Å². The molecule has 4 N–H and O–H groups in total. The van der Waals surface area contributed by atoms with Crippen LogP contribution in [0, 0.1) is 0 Å². The number of halogens is 1. The number of hydrogen-bond donors (Lipinski definition) is 3. The zero-order valence-corrected chi connectivity index (χ0v) is 10.8. The Morgan fingerprint density at radius 2 is 1.89 bits per heavy atom. The van der Waals surface area contributed by atoms with Crippen molar-refractivity contribution in [3.05, 3.63) is 58.6 Å². The lowest BCUT2D eigenvalue weighted by atomic mass is 10.1. The number of hydrogen-bond acceptors (Lipinski definition) is 3. The van der Waals surface area contributed by atoms with Crippen molar-refractivity contribution in [2.24, 2.45) is 0 Å². The molecule has 0 aliphatic carbocycles. The van der Waals surface area contributed by atoms with Crippen molar-refractivity contribution in [2.45, 2.75) is 6.54 Å². The van der Waals surface area contributed by atoms with Gasteiger partial charge in [0.05, 0.1) is 16.9 Å². The van der Waals surface area contributed by atoms with Crippen LogP contribution < -0.4 is 11.1 Å². The molecule has 2 aromatic rings. The molecule has 0 fully saturated rings. The van der Waals surface area contributed by atoms with Gasteiger partial charge in [0.1, 0.15) is 0 Å². The first-order valence-corrected chi connectivity index (χ1v) is 6.06. The number of carboxylic acids is 1. The lowest BCUT2D eigenvalue weighted by Crippen LogP contribution is -2.07. The highest BCUT2D eigenvalue weighted by molar-refractivity contribution is 6.30. The van der Waals surface area contributed by atoms with Gasteiger partial charge in [0.2, 0.25) is 0 Å². The Hall–Kier alpha value is -2.20. The Labute approximate surface area is 115 Å². The van der Waals surface area contributed by atoms with E-state index in [1.165, 1.54) is 6.07 Å². The molecule has 0 aromatic heterocycles. The minimum absolute atomic E-state index is 0.0982. The first kappa shape index (κ1) is 13.2. The van der Waals surface area contributed by atoms with Crippen LogP contribution >= 0.6 is 11.6 Å². The Kier molecular flexibility index (Phi) is 3.92. The van der Waals surface area contributed by atoms with E-state index < -0.39 is 5.97 Å². The minimum Gasteiger partial charge on any atom is -0.478 e. The zero-order chi connectivity index (χ0) is 13.8. The molecule has 0 saturated heterocycles. The number of nitrogen functional groups attached to an aromatic ring is 1. The van der Waals surface area contributed by atoms with E-state index in [9.17, 15) is 4.79 Å². The number of aromatic carboxylic acids is 1. The topological polar surface area (TPSA) is 75.3 Å². The van der Waals surface area contributed by atoms with E-state index in [4.69, 9.17) is 22.4 Å². The summed E-state index contributed by atoms with van der Waals surface area (Å²) < 4.78 is 0. The van der Waals surface area contributed by atoms with Gasteiger partial charge in [-0.05, 0) is 29.8 Å². The van der Waals surface area contributed by atoms with E-state index in [2.05, 4.69) is 5.32 Å². The quantitative estimate of drug-likeness (QED) is 0.750. The first-order chi connectivity index (χ1) is 9.08. The van der Waals surface area contributed by atoms with Gasteiger partial charge in [-0.1, -0.05) is 29.8 Å². The standard InChI is InChI=1S/C14H13ClN2O2/c15-10-6-4-9(5-7-10)8-17-12-3-1-2-11(13(12)16)14(18)19/h1-7,17H,8,16H2,(H,18,19). The number of anilines is 2. The number of nitrogens with one attached hydrogen (secondary N) is 1. The van der Waals surface area contributed by atoms with Crippen molar-refractivity contribution in [3.8, 4) is 0 Å². The third kappa shape index (κ3) is 3.17. The van der Waals surface area contributed by atoms with Crippen molar-refractivity contribution in [3.63, 3.8) is 0 Å². The van der Waals surface area contributed by atoms with E-state index in [0.29, 0.717) is 17.3 Å². The average Bonchev–Trinajstić information content (AvgIpc) is 2.39. The van der Waals surface area contributed by atoms with Crippen molar-refractivity contribution in [1.29, 1.82) is 0 Å². The summed E-state index contributed by atoms with van der Waals surface area (Å²) in [6.07, 6.45) is 0. The molecular formula is C14H13ClN2O2. The highest BCUT2D eigenvalue weighted by Crippen LogP contribution is 2.23. The van der Waals surface area contributed by atoms with Crippen LogP contribution in [0.3, 0.4) is 0 Å². The van der Waals surface area contributed by atoms with Crippen LogP contribution in [-0.2, 0) is 6.54 Å². The van der Waals surface area contributed by atoms with E-state index in [0.717, 1.165) is 5.56 Å². The van der Waals surface area contributed by atoms with Gasteiger partial charge >= 0.3 is 5.97 Å². The maximum absolute atomic E-state index is 11.0. The van der Waals surface area contributed by atoms with Crippen LogP contribution in [0.25, 0.3) is 0 Å². The molecule has 0 radical (unpaired) electrons. The fourth-order valence-electron chi connectivity index (χ4n) is 1.71. The summed E-state index contributed by atoms with van der Waals surface area (Å²) >= 11 is 5.80. The maximum atomic E-state index is 11.0. The van der Waals surface area contributed by atoms with Crippen LogP contribution in [-0.4, -0.2) is 11.1 Å². The molecule has 0 spiro atoms. The third-order valence-corrected chi connectivity index (χ3v) is 2.98. The first-order valence-electron chi connectivity index (χ1n) is 5.68. The van der Waals surface area contributed by atoms with E-state index in [1.54, 1.807) is 24.3 Å². The lowest BCUT2D eigenvalue weighted by molar-refractivity contribution is 0.0698. The van der Waals surface area contributed by atoms with Crippen LogP contribution in [0.4, 0.5) is 11.4 Å². The van der Waals surface area contributed by atoms with Gasteiger partial charge in [-0.25, -0.2) is 4.79 Å². The molecule has 0 amide bonds. The molecule has 0 heterocycles. The average molecular weight is 277 g/mol. The highest BCUT2D eigenvalue weighted by atomic mass is 35.5. The highest BCUT2D eigenvalue weighted by Gasteiger charge is 2.10. The van der Waals surface area contributed by atoms with Crippen molar-refractivity contribution >= 4 is 28.9 Å². The predicted octanol–water partition coefficient (Wildman–Crippen LogP) is 3.23. The van der Waals surface area contributed by atoms with Gasteiger partial charge in [0.25, 0.3) is 0 Å². The molecule has 19 heavy (non-hydrogen) atoms. The molecule has 2 rings (SSSR count). The number of para-hydroxylation sites is 1. The van der Waals surface area contributed by atoms with Gasteiger partial charge in [-0.2, -0.15) is 0 Å². The second-order valence-corrected chi connectivity index (χ2v) is 4.49. The Bertz CT molecular complexity index is 597. The van der Waals surface area contributed by atoms with Crippen LogP contribution in [0.5, 0.6) is 0 Å². The summed E-state index contributed by atoms with van der Waals surface area (Å²) in [6.45, 7) is 0.546. The molecule has 0 aliphatic rings. The second-order valence-electron chi connectivity index (χ2n) is 4.05. The lowest BCUT2D eigenvalue weighted by Gasteiger charge is -2.11. The number of benzene rings is 2. The van der Waals surface area contributed by atoms with Crippen LogP contribution in [0.15, 0.2) is 42.5 Å². The van der Waals surface area contributed by atoms with Gasteiger partial charge < -0.3 is 16.2 Å². The zero-order valence-electron chi connectivity index (χ0n) is 10.1. The molecule has 98 valence electrons.